The number of rotatable bonds is 7. The molecule has 4 rings (SSSR count). The van der Waals surface area contributed by atoms with E-state index in [0.717, 1.165) is 19.3 Å². The Kier molecular flexibility index (Phi) is 11.0. The summed E-state index contributed by atoms with van der Waals surface area (Å²) in [6.45, 7) is 3.32. The maximum atomic E-state index is 11.8. The van der Waals surface area contributed by atoms with Gasteiger partial charge in [0, 0.05) is 6.61 Å². The van der Waals surface area contributed by atoms with Gasteiger partial charge in [-0.15, -0.1) is 0 Å². The highest BCUT2D eigenvalue weighted by Gasteiger charge is 2.51. The number of fused-ring (bicyclic) bond motifs is 1. The van der Waals surface area contributed by atoms with Crippen molar-refractivity contribution in [1.82, 2.24) is 0 Å². The molecular weight excluding hydrogens is 520 g/mol. The molecule has 6 unspecified atom stereocenters. The summed E-state index contributed by atoms with van der Waals surface area (Å²) in [7, 11) is 0. The lowest BCUT2D eigenvalue weighted by atomic mass is 9.82. The Morgan fingerprint density at radius 3 is 2.31 bits per heavy atom. The van der Waals surface area contributed by atoms with E-state index < -0.39 is 92.3 Å². The minimum Gasteiger partial charge on any atom is -0.479 e. The molecule has 39 heavy (non-hydrogen) atoms. The number of carboxylic acids is 1. The van der Waals surface area contributed by atoms with Crippen LogP contribution in [-0.2, 0) is 33.2 Å². The van der Waals surface area contributed by atoms with Crippen molar-refractivity contribution in [3.05, 3.63) is 0 Å². The molecule has 0 aromatic rings. The lowest BCUT2D eigenvalue weighted by Crippen LogP contribution is -2.63. The van der Waals surface area contributed by atoms with Crippen LogP contribution in [0.25, 0.3) is 0 Å². The van der Waals surface area contributed by atoms with Gasteiger partial charge in [0.25, 0.3) is 0 Å². The second-order valence-corrected chi connectivity index (χ2v) is 11.0. The summed E-state index contributed by atoms with van der Waals surface area (Å²) < 4.78 is 36.2. The fraction of sp³-hybridized carbons (Fsp3) is 0.962. The Hall–Kier alpha value is -0.970. The Labute approximate surface area is 227 Å². The minimum absolute atomic E-state index is 0.0200. The molecule has 0 radical (unpaired) electrons. The second kappa shape index (κ2) is 13.8. The van der Waals surface area contributed by atoms with Crippen LogP contribution in [0.1, 0.15) is 58.8 Å². The molecule has 3 saturated heterocycles. The van der Waals surface area contributed by atoms with Crippen LogP contribution in [0.15, 0.2) is 0 Å². The van der Waals surface area contributed by atoms with Crippen LogP contribution in [0.3, 0.4) is 0 Å². The lowest BCUT2D eigenvalue weighted by molar-refractivity contribution is -0.352. The van der Waals surface area contributed by atoms with E-state index in [1.54, 1.807) is 6.92 Å². The second-order valence-electron chi connectivity index (χ2n) is 11.0. The number of hydrogen-bond donors (Lipinski definition) is 6. The monoisotopic (exact) mass is 564 g/mol. The van der Waals surface area contributed by atoms with E-state index in [1.165, 1.54) is 0 Å². The van der Waals surface area contributed by atoms with E-state index in [2.05, 4.69) is 0 Å². The van der Waals surface area contributed by atoms with Gasteiger partial charge < -0.3 is 59.1 Å². The third-order valence-electron chi connectivity index (χ3n) is 8.39. The molecule has 0 amide bonds. The van der Waals surface area contributed by atoms with Gasteiger partial charge in [0.15, 0.2) is 18.7 Å². The molecule has 3 heterocycles. The summed E-state index contributed by atoms with van der Waals surface area (Å²) in [4.78, 5) is 11.8. The molecule has 1 aliphatic carbocycles. The minimum atomic E-state index is -1.47. The number of carboxylic acid groups (broad SMARTS) is 1. The molecule has 0 aromatic carbocycles. The Balaban J connectivity index is 1.56. The molecule has 226 valence electrons. The SMILES string of the molecule is CC[C@@H]1CCC[C@@H](O[C@@H]2OC(CO)[C@H](O)C3O[C@@H](C(=O)O)CCCCOC32)C1O[C@@H]1OC(C)[C@@H](O)C(O)[C@@H]1O. The molecule has 13 heteroatoms. The summed E-state index contributed by atoms with van der Waals surface area (Å²) in [5, 5.41) is 61.4. The van der Waals surface area contributed by atoms with Crippen molar-refractivity contribution in [3.8, 4) is 0 Å². The number of aliphatic hydroxyl groups is 5. The smallest absolute Gasteiger partial charge is 0.332 e. The first-order valence-electron chi connectivity index (χ1n) is 14.1. The van der Waals surface area contributed by atoms with E-state index in [0.29, 0.717) is 19.3 Å². The highest BCUT2D eigenvalue weighted by Crippen LogP contribution is 2.37. The third-order valence-corrected chi connectivity index (χ3v) is 8.39. The van der Waals surface area contributed by atoms with Crippen LogP contribution in [0.4, 0.5) is 0 Å². The van der Waals surface area contributed by atoms with E-state index in [9.17, 15) is 35.4 Å². The summed E-state index contributed by atoms with van der Waals surface area (Å²) in [5.41, 5.74) is 0. The van der Waals surface area contributed by atoms with Crippen LogP contribution >= 0.6 is 0 Å². The summed E-state index contributed by atoms with van der Waals surface area (Å²) in [5.74, 6) is -1.13. The Morgan fingerprint density at radius 1 is 0.846 bits per heavy atom. The first kappa shape index (κ1) is 31.0. The van der Waals surface area contributed by atoms with E-state index >= 15 is 0 Å². The lowest BCUT2D eigenvalue weighted by Gasteiger charge is -2.48. The molecule has 4 aliphatic rings. The van der Waals surface area contributed by atoms with Crippen molar-refractivity contribution in [3.63, 3.8) is 0 Å². The average molecular weight is 565 g/mol. The highest BCUT2D eigenvalue weighted by molar-refractivity contribution is 5.72. The standard InChI is InChI=1S/C26H44O13/c1-3-13-7-6-9-14(21(13)39-25-20(31)19(30)17(28)12(2)35-25)37-26-23-22(18(29)16(11-27)38-26)36-15(24(32)33)8-4-5-10-34-23/h12-23,25-31H,3-11H2,1-2H3,(H,32,33)/t12?,13-,14-,15-,16?,17-,18+,19?,20+,21?,22?,23?,25+,26-/m1/s1. The predicted octanol–water partition coefficient (Wildman–Crippen LogP) is -0.720. The van der Waals surface area contributed by atoms with Crippen molar-refractivity contribution in [2.24, 2.45) is 5.92 Å². The van der Waals surface area contributed by atoms with Crippen molar-refractivity contribution in [1.29, 1.82) is 0 Å². The largest absolute Gasteiger partial charge is 0.479 e. The van der Waals surface area contributed by atoms with Crippen molar-refractivity contribution in [2.45, 2.75) is 139 Å². The van der Waals surface area contributed by atoms with Gasteiger partial charge >= 0.3 is 5.97 Å². The van der Waals surface area contributed by atoms with Gasteiger partial charge in [-0.2, -0.15) is 0 Å². The average Bonchev–Trinajstić information content (AvgIpc) is 3.03. The number of carbonyl (C=O) groups is 1. The zero-order valence-corrected chi connectivity index (χ0v) is 22.5. The summed E-state index contributed by atoms with van der Waals surface area (Å²) in [6.07, 6.45) is -9.75. The van der Waals surface area contributed by atoms with Crippen LogP contribution < -0.4 is 0 Å². The molecule has 13 nitrogen and oxygen atoms in total. The fourth-order valence-corrected chi connectivity index (χ4v) is 6.02. The van der Waals surface area contributed by atoms with Crippen molar-refractivity contribution >= 4 is 5.97 Å². The molecule has 0 bridgehead atoms. The van der Waals surface area contributed by atoms with E-state index in [-0.39, 0.29) is 18.9 Å². The van der Waals surface area contributed by atoms with Crippen molar-refractivity contribution < 1.29 is 63.9 Å². The normalized spacial score (nSPS) is 47.9. The van der Waals surface area contributed by atoms with Gasteiger partial charge in [-0.3, -0.25) is 0 Å². The van der Waals surface area contributed by atoms with E-state index in [1.807, 2.05) is 6.92 Å². The number of aliphatic carboxylic acids is 1. The quantitative estimate of drug-likeness (QED) is 0.227. The van der Waals surface area contributed by atoms with Crippen LogP contribution in [0.5, 0.6) is 0 Å². The van der Waals surface area contributed by atoms with Crippen LogP contribution in [0.2, 0.25) is 0 Å². The zero-order chi connectivity index (χ0) is 28.3. The molecular formula is C26H44O13. The third kappa shape index (κ3) is 6.92. The van der Waals surface area contributed by atoms with Crippen LogP contribution in [0, 0.1) is 5.92 Å². The molecule has 1 saturated carbocycles. The van der Waals surface area contributed by atoms with Gasteiger partial charge in [0.1, 0.15) is 42.7 Å². The zero-order valence-electron chi connectivity index (χ0n) is 22.5. The maximum absolute atomic E-state index is 11.8. The van der Waals surface area contributed by atoms with Gasteiger partial charge in [-0.1, -0.05) is 19.8 Å². The van der Waals surface area contributed by atoms with Gasteiger partial charge in [0.2, 0.25) is 0 Å². The Morgan fingerprint density at radius 2 is 1.62 bits per heavy atom. The summed E-state index contributed by atoms with van der Waals surface area (Å²) >= 11 is 0. The van der Waals surface area contributed by atoms with Crippen LogP contribution in [-0.4, -0.2) is 130 Å². The molecule has 14 atom stereocenters. The van der Waals surface area contributed by atoms with Gasteiger partial charge in [0.05, 0.1) is 24.9 Å². The molecule has 6 N–H and O–H groups in total. The summed E-state index contributed by atoms with van der Waals surface area (Å²) in [6, 6.07) is 0. The topological polar surface area (TPSA) is 194 Å². The number of hydrogen-bond acceptors (Lipinski definition) is 12. The first-order chi connectivity index (χ1) is 18.7. The fourth-order valence-electron chi connectivity index (χ4n) is 6.02. The molecule has 0 spiro atoms. The molecule has 3 aliphatic heterocycles. The van der Waals surface area contributed by atoms with Gasteiger partial charge in [-0.05, 0) is 44.9 Å². The highest BCUT2D eigenvalue weighted by atomic mass is 16.7. The maximum Gasteiger partial charge on any atom is 0.332 e. The Bertz CT molecular complexity index is 785. The predicted molar refractivity (Wildman–Crippen MR) is 131 cm³/mol. The number of ether oxygens (including phenoxy) is 6. The molecule has 0 aromatic heterocycles. The number of aliphatic hydroxyl groups excluding tert-OH is 5. The van der Waals surface area contributed by atoms with Gasteiger partial charge in [-0.25, -0.2) is 4.79 Å². The van der Waals surface area contributed by atoms with E-state index in [4.69, 9.17) is 28.4 Å². The van der Waals surface area contributed by atoms with Crippen molar-refractivity contribution in [2.75, 3.05) is 13.2 Å². The molecule has 4 fully saturated rings. The first-order valence-corrected chi connectivity index (χ1v) is 14.1.